The average molecular weight is 204 g/mol. The van der Waals surface area contributed by atoms with Crippen molar-refractivity contribution in [2.24, 2.45) is 0 Å². The van der Waals surface area contributed by atoms with Crippen LogP contribution in [0.2, 0.25) is 0 Å². The van der Waals surface area contributed by atoms with E-state index in [-0.39, 0.29) is 12.6 Å². The molecule has 2 rings (SSSR count). The van der Waals surface area contributed by atoms with Crippen molar-refractivity contribution >= 4 is 5.78 Å². The summed E-state index contributed by atoms with van der Waals surface area (Å²) in [5.74, 6) is 0.758. The van der Waals surface area contributed by atoms with Gasteiger partial charge in [0.2, 0.25) is 6.79 Å². The molecule has 0 amide bonds. The number of rotatable bonds is 4. The first-order chi connectivity index (χ1) is 7.34. The molecule has 0 atom stereocenters. The van der Waals surface area contributed by atoms with E-state index in [1.165, 1.54) is 6.26 Å². The molecule has 1 heterocycles. The molecule has 78 valence electrons. The van der Waals surface area contributed by atoms with Crippen LogP contribution in [-0.2, 0) is 20.7 Å². The van der Waals surface area contributed by atoms with E-state index in [9.17, 15) is 4.79 Å². The second-order valence-electron chi connectivity index (χ2n) is 3.39. The fourth-order valence-corrected chi connectivity index (χ4v) is 1.44. The number of ketones is 1. The quantitative estimate of drug-likeness (QED) is 0.752. The molecule has 0 spiro atoms. The van der Waals surface area contributed by atoms with Gasteiger partial charge in [-0.2, -0.15) is 0 Å². The van der Waals surface area contributed by atoms with Crippen molar-refractivity contribution in [1.82, 2.24) is 0 Å². The number of Topliss-reactive ketones (excluding diaryl/α,β-unsaturated/α-hetero) is 1. The molecule has 0 aromatic heterocycles. The molecule has 3 nitrogen and oxygen atoms in total. The highest BCUT2D eigenvalue weighted by molar-refractivity contribution is 5.82. The molecule has 0 bridgehead atoms. The SMILES string of the molecule is O=C(CC1=COCO1)Cc1ccccc1. The summed E-state index contributed by atoms with van der Waals surface area (Å²) in [6.07, 6.45) is 2.26. The first kappa shape index (κ1) is 9.77. The predicted octanol–water partition coefficient (Wildman–Crippen LogP) is 2.03. The number of ether oxygens (including phenoxy) is 2. The summed E-state index contributed by atoms with van der Waals surface area (Å²) < 4.78 is 9.95. The van der Waals surface area contributed by atoms with Gasteiger partial charge >= 0.3 is 0 Å². The van der Waals surface area contributed by atoms with Crippen molar-refractivity contribution in [3.05, 3.63) is 47.9 Å². The Balaban J connectivity index is 1.87. The minimum absolute atomic E-state index is 0.137. The van der Waals surface area contributed by atoms with Crippen LogP contribution in [0.3, 0.4) is 0 Å². The molecule has 0 radical (unpaired) electrons. The maximum atomic E-state index is 11.6. The molecule has 15 heavy (non-hydrogen) atoms. The van der Waals surface area contributed by atoms with Crippen molar-refractivity contribution < 1.29 is 14.3 Å². The number of carbonyl (C=O) groups is 1. The third-order valence-electron chi connectivity index (χ3n) is 2.14. The van der Waals surface area contributed by atoms with E-state index in [1.54, 1.807) is 0 Å². The zero-order valence-corrected chi connectivity index (χ0v) is 8.31. The predicted molar refractivity (Wildman–Crippen MR) is 54.9 cm³/mol. The first-order valence-electron chi connectivity index (χ1n) is 4.83. The maximum absolute atomic E-state index is 11.6. The normalized spacial score (nSPS) is 14.0. The van der Waals surface area contributed by atoms with E-state index >= 15 is 0 Å². The van der Waals surface area contributed by atoms with Crippen LogP contribution >= 0.6 is 0 Å². The summed E-state index contributed by atoms with van der Waals surface area (Å²) >= 11 is 0. The number of hydrogen-bond acceptors (Lipinski definition) is 3. The Bertz CT molecular complexity index is 368. The maximum Gasteiger partial charge on any atom is 0.229 e. The van der Waals surface area contributed by atoms with E-state index in [0.717, 1.165) is 5.56 Å². The summed E-state index contributed by atoms with van der Waals surface area (Å²) in [5.41, 5.74) is 1.03. The third-order valence-corrected chi connectivity index (χ3v) is 2.14. The molecule has 0 unspecified atom stereocenters. The molecule has 0 fully saturated rings. The fourth-order valence-electron chi connectivity index (χ4n) is 1.44. The minimum atomic E-state index is 0.137. The van der Waals surface area contributed by atoms with Gasteiger partial charge in [0.05, 0.1) is 6.42 Å². The van der Waals surface area contributed by atoms with Gasteiger partial charge in [-0.3, -0.25) is 4.79 Å². The molecule has 1 aromatic rings. The summed E-state index contributed by atoms with van der Waals surface area (Å²) in [6, 6.07) is 9.68. The second-order valence-corrected chi connectivity index (χ2v) is 3.39. The molecule has 1 aliphatic rings. The van der Waals surface area contributed by atoms with Crippen LogP contribution in [0.4, 0.5) is 0 Å². The summed E-state index contributed by atoms with van der Waals surface area (Å²) in [4.78, 5) is 11.6. The lowest BCUT2D eigenvalue weighted by Gasteiger charge is -2.01. The smallest absolute Gasteiger partial charge is 0.229 e. The van der Waals surface area contributed by atoms with Crippen LogP contribution in [0.5, 0.6) is 0 Å². The molecule has 0 aliphatic carbocycles. The van der Waals surface area contributed by atoms with Crippen molar-refractivity contribution in [3.8, 4) is 0 Å². The average Bonchev–Trinajstić information content (AvgIpc) is 2.71. The van der Waals surface area contributed by atoms with Gasteiger partial charge in [-0.1, -0.05) is 30.3 Å². The number of benzene rings is 1. The zero-order valence-electron chi connectivity index (χ0n) is 8.31. The van der Waals surface area contributed by atoms with E-state index in [4.69, 9.17) is 9.47 Å². The summed E-state index contributed by atoms with van der Waals surface area (Å²) in [5, 5.41) is 0. The topological polar surface area (TPSA) is 35.5 Å². The van der Waals surface area contributed by atoms with Crippen LogP contribution < -0.4 is 0 Å². The Morgan fingerprint density at radius 3 is 2.67 bits per heavy atom. The number of hydrogen-bond donors (Lipinski definition) is 0. The summed E-state index contributed by atoms with van der Waals surface area (Å²) in [7, 11) is 0. The van der Waals surface area contributed by atoms with Crippen molar-refractivity contribution in [3.63, 3.8) is 0 Å². The van der Waals surface area contributed by atoms with Crippen molar-refractivity contribution in [2.45, 2.75) is 12.8 Å². The monoisotopic (exact) mass is 204 g/mol. The van der Waals surface area contributed by atoms with Crippen molar-refractivity contribution in [1.29, 1.82) is 0 Å². The van der Waals surface area contributed by atoms with Gasteiger partial charge in [-0.05, 0) is 5.56 Å². The minimum Gasteiger partial charge on any atom is -0.462 e. The van der Waals surface area contributed by atoms with E-state index < -0.39 is 0 Å². The van der Waals surface area contributed by atoms with Crippen LogP contribution in [0.1, 0.15) is 12.0 Å². The Labute approximate surface area is 88.3 Å². The summed E-state index contributed by atoms with van der Waals surface area (Å²) in [6.45, 7) is 0.230. The van der Waals surface area contributed by atoms with Gasteiger partial charge in [0.25, 0.3) is 0 Å². The molecular weight excluding hydrogens is 192 g/mol. The van der Waals surface area contributed by atoms with Gasteiger partial charge < -0.3 is 9.47 Å². The zero-order chi connectivity index (χ0) is 10.5. The van der Waals surface area contributed by atoms with E-state index in [1.807, 2.05) is 30.3 Å². The standard InChI is InChI=1S/C12H12O3/c13-11(7-12-8-14-9-15-12)6-10-4-2-1-3-5-10/h1-5,8H,6-7,9H2. The van der Waals surface area contributed by atoms with Crippen LogP contribution in [0.25, 0.3) is 0 Å². The largest absolute Gasteiger partial charge is 0.462 e. The second kappa shape index (κ2) is 4.64. The van der Waals surface area contributed by atoms with Gasteiger partial charge in [0.15, 0.2) is 0 Å². The Kier molecular flexibility index (Phi) is 3.02. The Hall–Kier alpha value is -1.77. The lowest BCUT2D eigenvalue weighted by molar-refractivity contribution is -0.118. The van der Waals surface area contributed by atoms with Gasteiger partial charge in [-0.25, -0.2) is 0 Å². The first-order valence-corrected chi connectivity index (χ1v) is 4.83. The fraction of sp³-hybridized carbons (Fsp3) is 0.250. The molecule has 0 saturated heterocycles. The Morgan fingerprint density at radius 1 is 1.20 bits per heavy atom. The van der Waals surface area contributed by atoms with Crippen LogP contribution in [0.15, 0.2) is 42.4 Å². The third kappa shape index (κ3) is 2.84. The molecule has 3 heteroatoms. The van der Waals surface area contributed by atoms with E-state index in [0.29, 0.717) is 18.6 Å². The van der Waals surface area contributed by atoms with Crippen molar-refractivity contribution in [2.75, 3.05) is 6.79 Å². The highest BCUT2D eigenvalue weighted by Gasteiger charge is 2.12. The van der Waals surface area contributed by atoms with Gasteiger partial charge in [0, 0.05) is 6.42 Å². The highest BCUT2D eigenvalue weighted by Crippen LogP contribution is 2.12. The van der Waals surface area contributed by atoms with Gasteiger partial charge in [0.1, 0.15) is 17.8 Å². The Morgan fingerprint density at radius 2 is 2.00 bits per heavy atom. The van der Waals surface area contributed by atoms with Crippen LogP contribution in [0, 0.1) is 0 Å². The molecule has 0 saturated carbocycles. The molecule has 0 N–H and O–H groups in total. The highest BCUT2D eigenvalue weighted by atomic mass is 16.7. The number of carbonyl (C=O) groups excluding carboxylic acids is 1. The molecular formula is C12H12O3. The lowest BCUT2D eigenvalue weighted by atomic mass is 10.1. The lowest BCUT2D eigenvalue weighted by Crippen LogP contribution is -2.04. The van der Waals surface area contributed by atoms with Crippen LogP contribution in [-0.4, -0.2) is 12.6 Å². The van der Waals surface area contributed by atoms with Gasteiger partial charge in [-0.15, -0.1) is 0 Å². The molecule has 1 aliphatic heterocycles. The van der Waals surface area contributed by atoms with E-state index in [2.05, 4.69) is 0 Å². The number of allylic oxidation sites excluding steroid dienone is 1. The molecule has 1 aromatic carbocycles.